The van der Waals surface area contributed by atoms with Crippen LogP contribution in [0, 0.1) is 0 Å². The largest absolute Gasteiger partial charge is 0.457 e. The molecule has 0 aliphatic carbocycles. The van der Waals surface area contributed by atoms with Gasteiger partial charge in [0, 0.05) is 16.3 Å². The molecule has 1 saturated heterocycles. The predicted octanol–water partition coefficient (Wildman–Crippen LogP) is 4.05. The molecule has 0 aromatic heterocycles. The van der Waals surface area contributed by atoms with Gasteiger partial charge in [-0.15, -0.1) is 0 Å². The van der Waals surface area contributed by atoms with Crippen LogP contribution in [0.1, 0.15) is 19.3 Å². The van der Waals surface area contributed by atoms with Crippen molar-refractivity contribution >= 4 is 22.6 Å². The second kappa shape index (κ2) is 6.47. The number of hydrogen-bond acceptors (Lipinski definition) is 2. The molecule has 0 radical (unpaired) electrons. The van der Waals surface area contributed by atoms with E-state index in [9.17, 15) is 22.0 Å². The smallest absolute Gasteiger partial charge is 0.353 e. The first-order valence-corrected chi connectivity index (χ1v) is 6.35. The highest BCUT2D eigenvalue weighted by Crippen LogP contribution is 2.38. The fourth-order valence-electron chi connectivity index (χ4n) is 1.34. The summed E-state index contributed by atoms with van der Waals surface area (Å²) in [5, 5.41) is 0. The van der Waals surface area contributed by atoms with Crippen molar-refractivity contribution < 1.29 is 31.4 Å². The van der Waals surface area contributed by atoms with Crippen LogP contribution < -0.4 is 0 Å². The van der Waals surface area contributed by atoms with Gasteiger partial charge in [0.25, 0.3) is 0 Å². The molecule has 1 heterocycles. The van der Waals surface area contributed by atoms with Crippen molar-refractivity contribution in [3.05, 3.63) is 9.66 Å². The van der Waals surface area contributed by atoms with Gasteiger partial charge in [0.05, 0.1) is 6.61 Å². The third-order valence-electron chi connectivity index (χ3n) is 2.26. The molecule has 0 amide bonds. The average Bonchev–Trinajstić information content (AvgIpc) is 2.26. The van der Waals surface area contributed by atoms with Crippen LogP contribution >= 0.6 is 22.6 Å². The minimum atomic E-state index is -5.58. The summed E-state index contributed by atoms with van der Waals surface area (Å²) in [5.41, 5.74) is 0. The van der Waals surface area contributed by atoms with Gasteiger partial charge in [-0.2, -0.15) is 22.0 Å². The van der Waals surface area contributed by atoms with Gasteiger partial charge in [0.15, 0.2) is 6.29 Å². The summed E-state index contributed by atoms with van der Waals surface area (Å²) in [5.74, 6) is -4.83. The zero-order valence-corrected chi connectivity index (χ0v) is 11.4. The molecule has 0 spiro atoms. The molecular formula is C10H12F5IO2. The molecule has 1 aliphatic heterocycles. The van der Waals surface area contributed by atoms with E-state index in [1.807, 2.05) is 0 Å². The van der Waals surface area contributed by atoms with Crippen LogP contribution in [0.15, 0.2) is 9.66 Å². The minimum absolute atomic E-state index is 0.129. The van der Waals surface area contributed by atoms with Crippen LogP contribution in [0.4, 0.5) is 22.0 Å². The van der Waals surface area contributed by atoms with Gasteiger partial charge in [-0.3, -0.25) is 0 Å². The van der Waals surface area contributed by atoms with E-state index in [-0.39, 0.29) is 16.3 Å². The number of alkyl halides is 5. The highest BCUT2D eigenvalue weighted by molar-refractivity contribution is 14.1. The van der Waals surface area contributed by atoms with E-state index < -0.39 is 18.4 Å². The van der Waals surface area contributed by atoms with Gasteiger partial charge in [0.1, 0.15) is 0 Å². The Hall–Kier alpha value is 0.0400. The van der Waals surface area contributed by atoms with Gasteiger partial charge >= 0.3 is 12.1 Å². The predicted molar refractivity (Wildman–Crippen MR) is 62.6 cm³/mol. The molecular weight excluding hydrogens is 374 g/mol. The minimum Gasteiger partial charge on any atom is -0.353 e. The summed E-state index contributed by atoms with van der Waals surface area (Å²) in [6.07, 6.45) is -3.81. The third kappa shape index (κ3) is 4.96. The van der Waals surface area contributed by atoms with Crippen LogP contribution in [0.5, 0.6) is 0 Å². The maximum absolute atomic E-state index is 12.7. The molecule has 1 fully saturated rings. The molecule has 1 unspecified atom stereocenters. The SMILES string of the molecule is FC(F)(F)C(F)(F)/C=C(\I)COC1CCCCO1. The van der Waals surface area contributed by atoms with E-state index >= 15 is 0 Å². The summed E-state index contributed by atoms with van der Waals surface area (Å²) < 4.78 is 71.1. The molecule has 1 atom stereocenters. The van der Waals surface area contributed by atoms with Crippen molar-refractivity contribution in [2.75, 3.05) is 13.2 Å². The van der Waals surface area contributed by atoms with Gasteiger partial charge in [-0.1, -0.05) is 0 Å². The quantitative estimate of drug-likeness (QED) is 0.537. The lowest BCUT2D eigenvalue weighted by Gasteiger charge is -2.23. The van der Waals surface area contributed by atoms with Crippen LogP contribution in [-0.4, -0.2) is 31.6 Å². The Balaban J connectivity index is 2.46. The van der Waals surface area contributed by atoms with Crippen molar-refractivity contribution in [2.45, 2.75) is 37.7 Å². The first-order chi connectivity index (χ1) is 8.22. The van der Waals surface area contributed by atoms with Crippen molar-refractivity contribution in [2.24, 2.45) is 0 Å². The van der Waals surface area contributed by atoms with Crippen LogP contribution in [-0.2, 0) is 9.47 Å². The average molecular weight is 386 g/mol. The molecule has 18 heavy (non-hydrogen) atoms. The van der Waals surface area contributed by atoms with Crippen molar-refractivity contribution in [3.8, 4) is 0 Å². The molecule has 0 aromatic rings. The Bertz CT molecular complexity index is 297. The molecule has 0 N–H and O–H groups in total. The van der Waals surface area contributed by atoms with Gasteiger partial charge in [-0.25, -0.2) is 0 Å². The van der Waals surface area contributed by atoms with E-state index in [2.05, 4.69) is 0 Å². The lowest BCUT2D eigenvalue weighted by Crippen LogP contribution is -2.34. The lowest BCUT2D eigenvalue weighted by molar-refractivity contribution is -0.259. The Labute approximate surface area is 115 Å². The number of halogens is 6. The maximum Gasteiger partial charge on any atom is 0.457 e. The summed E-state index contributed by atoms with van der Waals surface area (Å²) in [6.45, 7) is 0.209. The van der Waals surface area contributed by atoms with E-state index in [0.29, 0.717) is 13.0 Å². The van der Waals surface area contributed by atoms with Crippen molar-refractivity contribution in [1.29, 1.82) is 0 Å². The van der Waals surface area contributed by atoms with Crippen LogP contribution in [0.25, 0.3) is 0 Å². The molecule has 1 aliphatic rings. The first kappa shape index (κ1) is 16.1. The molecule has 0 aromatic carbocycles. The van der Waals surface area contributed by atoms with Crippen LogP contribution in [0.2, 0.25) is 0 Å². The fourth-order valence-corrected chi connectivity index (χ4v) is 1.91. The maximum atomic E-state index is 12.7. The summed E-state index contributed by atoms with van der Waals surface area (Å²) in [6, 6.07) is 0. The van der Waals surface area contributed by atoms with Gasteiger partial charge < -0.3 is 9.47 Å². The molecule has 106 valence electrons. The summed E-state index contributed by atoms with van der Waals surface area (Å²) in [7, 11) is 0. The zero-order valence-electron chi connectivity index (χ0n) is 9.27. The Morgan fingerprint density at radius 1 is 1.28 bits per heavy atom. The molecule has 0 saturated carbocycles. The second-order valence-corrected chi connectivity index (χ2v) is 5.20. The van der Waals surface area contributed by atoms with E-state index in [1.165, 1.54) is 22.6 Å². The Morgan fingerprint density at radius 3 is 2.44 bits per heavy atom. The highest BCUT2D eigenvalue weighted by atomic mass is 127. The Morgan fingerprint density at radius 2 is 1.94 bits per heavy atom. The molecule has 0 bridgehead atoms. The zero-order chi connectivity index (χ0) is 13.8. The monoisotopic (exact) mass is 386 g/mol. The van der Waals surface area contributed by atoms with E-state index in [4.69, 9.17) is 9.47 Å². The topological polar surface area (TPSA) is 18.5 Å². The number of rotatable bonds is 4. The Kier molecular flexibility index (Phi) is 5.78. The van der Waals surface area contributed by atoms with Gasteiger partial charge in [-0.05, 0) is 41.9 Å². The molecule has 1 rings (SSSR count). The van der Waals surface area contributed by atoms with E-state index in [0.717, 1.165) is 12.8 Å². The molecule has 8 heteroatoms. The normalized spacial score (nSPS) is 23.2. The second-order valence-electron chi connectivity index (χ2n) is 3.82. The third-order valence-corrected chi connectivity index (χ3v) is 2.88. The van der Waals surface area contributed by atoms with Gasteiger partial charge in [0.2, 0.25) is 0 Å². The standard InChI is InChI=1S/C10H12F5IO2/c11-9(12,10(13,14)15)5-7(16)6-18-8-3-1-2-4-17-8/h5,8H,1-4,6H2/b7-5-. The number of allylic oxidation sites excluding steroid dienone is 1. The number of hydrogen-bond donors (Lipinski definition) is 0. The summed E-state index contributed by atoms with van der Waals surface area (Å²) >= 11 is 1.40. The first-order valence-electron chi connectivity index (χ1n) is 5.27. The number of ether oxygens (including phenoxy) is 2. The van der Waals surface area contributed by atoms with E-state index in [1.54, 1.807) is 0 Å². The lowest BCUT2D eigenvalue weighted by atomic mass is 10.2. The van der Waals surface area contributed by atoms with Crippen molar-refractivity contribution in [1.82, 2.24) is 0 Å². The molecule has 2 nitrogen and oxygen atoms in total. The fraction of sp³-hybridized carbons (Fsp3) is 0.800. The highest BCUT2D eigenvalue weighted by Gasteiger charge is 2.55. The van der Waals surface area contributed by atoms with Crippen molar-refractivity contribution in [3.63, 3.8) is 0 Å². The summed E-state index contributed by atoms with van der Waals surface area (Å²) in [4.78, 5) is 0. The van der Waals surface area contributed by atoms with Crippen LogP contribution in [0.3, 0.4) is 0 Å².